The van der Waals surface area contributed by atoms with E-state index >= 15 is 0 Å². The van der Waals surface area contributed by atoms with Gasteiger partial charge in [0.2, 0.25) is 11.7 Å². The first kappa shape index (κ1) is 25.5. The topological polar surface area (TPSA) is 84.2 Å². The summed E-state index contributed by atoms with van der Waals surface area (Å²) in [5.74, 6) is -0.248. The van der Waals surface area contributed by atoms with Crippen molar-refractivity contribution in [3.63, 3.8) is 0 Å². The Balaban J connectivity index is 0.00000306. The summed E-state index contributed by atoms with van der Waals surface area (Å²) in [6, 6.07) is 11.1. The molecule has 0 aliphatic heterocycles. The second kappa shape index (κ2) is 10.4. The molecule has 2 heterocycles. The van der Waals surface area contributed by atoms with Gasteiger partial charge in [0, 0.05) is 30.3 Å². The highest BCUT2D eigenvalue weighted by Gasteiger charge is 2.34. The van der Waals surface area contributed by atoms with Gasteiger partial charge in [-0.25, -0.2) is 4.98 Å². The number of carbonyl (C=O) groups excluding carboxylic acids is 2. The molecule has 2 amide bonds. The normalized spacial score (nSPS) is 18.4. The molecule has 4 rings (SSSR count). The average molecular weight is 583 g/mol. The number of rotatable bonds is 5. The number of benzene rings is 1. The highest BCUT2D eigenvalue weighted by Crippen LogP contribution is 2.34. The van der Waals surface area contributed by atoms with Crippen LogP contribution in [0.15, 0.2) is 47.0 Å². The van der Waals surface area contributed by atoms with Crippen molar-refractivity contribution in [3.05, 3.63) is 53.4 Å². The second-order valence-corrected chi connectivity index (χ2v) is 9.67. The molecule has 33 heavy (non-hydrogen) atoms. The Morgan fingerprint density at radius 3 is 2.36 bits per heavy atom. The van der Waals surface area contributed by atoms with Crippen LogP contribution < -0.4 is 34.6 Å². The maximum atomic E-state index is 13.1. The number of nitrogens with one attached hydrogen (secondary N) is 2. The van der Waals surface area contributed by atoms with Gasteiger partial charge in [-0.2, -0.15) is 0 Å². The van der Waals surface area contributed by atoms with Crippen LogP contribution in [0.5, 0.6) is 0 Å². The van der Waals surface area contributed by atoms with Gasteiger partial charge >= 0.3 is 0 Å². The summed E-state index contributed by atoms with van der Waals surface area (Å²) in [7, 11) is 6.59. The van der Waals surface area contributed by atoms with Crippen LogP contribution in [-0.4, -0.2) is 48.5 Å². The van der Waals surface area contributed by atoms with Crippen molar-refractivity contribution >= 4 is 45.9 Å². The van der Waals surface area contributed by atoms with Crippen molar-refractivity contribution in [3.8, 4) is 0 Å². The van der Waals surface area contributed by atoms with Crippen LogP contribution >= 0.6 is 11.6 Å². The lowest BCUT2D eigenvalue weighted by molar-refractivity contribution is -0.897. The van der Waals surface area contributed by atoms with Crippen LogP contribution in [0.1, 0.15) is 36.2 Å². The number of fused-ring (bicyclic) bond motifs is 1. The molecule has 3 aromatic rings. The summed E-state index contributed by atoms with van der Waals surface area (Å²) >= 11 is 5.87. The maximum absolute atomic E-state index is 13.1. The van der Waals surface area contributed by atoms with E-state index < -0.39 is 5.91 Å². The molecule has 0 spiro atoms. The zero-order valence-electron chi connectivity index (χ0n) is 18.9. The van der Waals surface area contributed by atoms with E-state index in [-0.39, 0.29) is 41.6 Å². The van der Waals surface area contributed by atoms with Crippen molar-refractivity contribution in [2.24, 2.45) is 5.92 Å². The lowest BCUT2D eigenvalue weighted by atomic mass is 9.84. The number of halogens is 2. The van der Waals surface area contributed by atoms with Crippen molar-refractivity contribution in [2.75, 3.05) is 31.8 Å². The molecule has 0 radical (unpaired) electrons. The number of anilines is 2. The molecule has 0 saturated heterocycles. The molecule has 0 bridgehead atoms. The molecule has 2 aromatic heterocycles. The van der Waals surface area contributed by atoms with Crippen LogP contribution in [0.3, 0.4) is 0 Å². The number of quaternary nitrogens is 1. The van der Waals surface area contributed by atoms with Crippen molar-refractivity contribution < 1.29 is 42.5 Å². The monoisotopic (exact) mass is 582 g/mol. The predicted octanol–water partition coefficient (Wildman–Crippen LogP) is 1.94. The van der Waals surface area contributed by atoms with E-state index in [1.54, 1.807) is 18.2 Å². The Kier molecular flexibility index (Phi) is 8.02. The summed E-state index contributed by atoms with van der Waals surface area (Å²) in [6.45, 7) is 0. The summed E-state index contributed by atoms with van der Waals surface area (Å²) in [4.78, 5) is 30.2. The van der Waals surface area contributed by atoms with E-state index in [1.807, 2.05) is 18.2 Å². The van der Waals surface area contributed by atoms with Gasteiger partial charge in [-0.3, -0.25) is 9.59 Å². The van der Waals surface area contributed by atoms with Crippen molar-refractivity contribution in [1.29, 1.82) is 0 Å². The Morgan fingerprint density at radius 1 is 1.03 bits per heavy atom. The van der Waals surface area contributed by atoms with E-state index in [0.29, 0.717) is 33.5 Å². The molecular formula is C24H28ClIN4O3. The maximum Gasteiger partial charge on any atom is 0.294 e. The first-order valence-electron chi connectivity index (χ1n) is 10.8. The largest absolute Gasteiger partial charge is 1.00 e. The Hall–Kier alpha value is -2.17. The SMILES string of the molecule is C[N+](C)(C)C1CCC(C(=O)Nc2c(C(=O)Nc3ccc(Cl)cn3)oc3ccccc23)CC1.[I-]. The highest BCUT2D eigenvalue weighted by molar-refractivity contribution is 6.30. The minimum absolute atomic E-state index is 0. The molecule has 0 unspecified atom stereocenters. The minimum Gasteiger partial charge on any atom is -1.00 e. The number of carbonyl (C=O) groups is 2. The Bertz CT molecular complexity index is 1130. The van der Waals surface area contributed by atoms with Gasteiger partial charge in [-0.15, -0.1) is 0 Å². The highest BCUT2D eigenvalue weighted by atomic mass is 127. The van der Waals surface area contributed by atoms with E-state index in [4.69, 9.17) is 16.0 Å². The standard InChI is InChI=1S/C24H27ClN4O3.HI/c1-29(2,3)17-11-8-15(9-12-17)23(30)28-21-18-6-4-5-7-19(18)32-22(21)24(31)27-20-13-10-16(25)14-26-20;/h4-7,10,13-15,17H,8-9,11-12H2,1-3H3,(H-,26,27,28,30,31);1H. The van der Waals surface area contributed by atoms with E-state index in [0.717, 1.165) is 30.2 Å². The van der Waals surface area contributed by atoms with E-state index in [9.17, 15) is 9.59 Å². The van der Waals surface area contributed by atoms with Crippen LogP contribution in [0.4, 0.5) is 11.5 Å². The van der Waals surface area contributed by atoms with Gasteiger partial charge in [0.25, 0.3) is 5.91 Å². The zero-order valence-corrected chi connectivity index (χ0v) is 21.8. The molecule has 1 fully saturated rings. The average Bonchev–Trinajstić information content (AvgIpc) is 3.13. The number of hydrogen-bond acceptors (Lipinski definition) is 4. The number of hydrogen-bond donors (Lipinski definition) is 2. The number of pyridine rings is 1. The Labute approximate surface area is 215 Å². The number of furan rings is 1. The number of aromatic nitrogens is 1. The molecule has 2 N–H and O–H groups in total. The molecule has 7 nitrogen and oxygen atoms in total. The quantitative estimate of drug-likeness (QED) is 0.356. The third-order valence-corrected chi connectivity index (χ3v) is 6.41. The number of amides is 2. The first-order chi connectivity index (χ1) is 15.2. The lowest BCUT2D eigenvalue weighted by Crippen LogP contribution is -3.00. The minimum atomic E-state index is -0.486. The summed E-state index contributed by atoms with van der Waals surface area (Å²) in [5.41, 5.74) is 0.927. The first-order valence-corrected chi connectivity index (χ1v) is 11.2. The van der Waals surface area contributed by atoms with Crippen molar-refractivity contribution in [2.45, 2.75) is 31.7 Å². The molecule has 176 valence electrons. The molecular weight excluding hydrogens is 555 g/mol. The summed E-state index contributed by atoms with van der Waals surface area (Å²) in [5, 5.41) is 6.86. The fourth-order valence-electron chi connectivity index (χ4n) is 4.29. The summed E-state index contributed by atoms with van der Waals surface area (Å²) < 4.78 is 6.73. The van der Waals surface area contributed by atoms with Gasteiger partial charge in [0.15, 0.2) is 0 Å². The molecule has 0 atom stereocenters. The summed E-state index contributed by atoms with van der Waals surface area (Å²) in [6.07, 6.45) is 5.12. The zero-order chi connectivity index (χ0) is 22.9. The fraction of sp³-hybridized carbons (Fsp3) is 0.375. The van der Waals surface area contributed by atoms with Gasteiger partial charge in [0.1, 0.15) is 17.1 Å². The number of nitrogens with zero attached hydrogens (tertiary/aromatic N) is 2. The Morgan fingerprint density at radius 2 is 1.73 bits per heavy atom. The van der Waals surface area contributed by atoms with Gasteiger partial charge < -0.3 is 43.5 Å². The van der Waals surface area contributed by atoms with Gasteiger partial charge in [0.05, 0.1) is 32.2 Å². The van der Waals surface area contributed by atoms with Gasteiger partial charge in [-0.05, 0) is 37.1 Å². The lowest BCUT2D eigenvalue weighted by Gasteiger charge is -2.38. The molecule has 1 aliphatic rings. The van der Waals surface area contributed by atoms with Crippen LogP contribution in [-0.2, 0) is 4.79 Å². The van der Waals surface area contributed by atoms with E-state index in [1.165, 1.54) is 6.20 Å². The molecule has 1 aromatic carbocycles. The van der Waals surface area contributed by atoms with Crippen LogP contribution in [0, 0.1) is 5.92 Å². The molecule has 9 heteroatoms. The molecule has 1 aliphatic carbocycles. The van der Waals surface area contributed by atoms with E-state index in [2.05, 4.69) is 36.8 Å². The van der Waals surface area contributed by atoms with Gasteiger partial charge in [-0.1, -0.05) is 23.7 Å². The predicted molar refractivity (Wildman–Crippen MR) is 126 cm³/mol. The smallest absolute Gasteiger partial charge is 0.294 e. The third-order valence-electron chi connectivity index (χ3n) is 6.18. The fourth-order valence-corrected chi connectivity index (χ4v) is 4.40. The third kappa shape index (κ3) is 5.85. The molecule has 1 saturated carbocycles. The second-order valence-electron chi connectivity index (χ2n) is 9.23. The van der Waals surface area contributed by atoms with Crippen LogP contribution in [0.2, 0.25) is 5.02 Å². The van der Waals surface area contributed by atoms with Crippen molar-refractivity contribution in [1.82, 2.24) is 4.98 Å². The van der Waals surface area contributed by atoms with Crippen LogP contribution in [0.25, 0.3) is 11.0 Å². The number of para-hydroxylation sites is 1.